The maximum atomic E-state index is 12.9. The fourth-order valence-electron chi connectivity index (χ4n) is 3.20. The number of aromatic nitrogens is 2. The first kappa shape index (κ1) is 17.9. The Morgan fingerprint density at radius 3 is 2.50 bits per heavy atom. The average molecular weight is 379 g/mol. The van der Waals surface area contributed by atoms with Crippen molar-refractivity contribution >= 4 is 11.6 Å². The summed E-state index contributed by atoms with van der Waals surface area (Å²) in [6, 6.07) is 14.3. The first-order valence-corrected chi connectivity index (χ1v) is 9.11. The van der Waals surface area contributed by atoms with Gasteiger partial charge in [-0.3, -0.25) is 14.3 Å². The molecule has 0 fully saturated rings. The van der Waals surface area contributed by atoms with Crippen LogP contribution in [0.2, 0.25) is 0 Å². The SMILES string of the molecule is Cc1c(NC(=O)c2ccc3c(c2)OCCCO3)c(=O)n(-c2ccccc2)n1C. The number of nitrogens with one attached hydrogen (secondary N) is 1. The van der Waals surface area contributed by atoms with Crippen molar-refractivity contribution < 1.29 is 14.3 Å². The smallest absolute Gasteiger partial charge is 0.295 e. The Labute approximate surface area is 162 Å². The predicted molar refractivity (Wildman–Crippen MR) is 106 cm³/mol. The van der Waals surface area contributed by atoms with E-state index in [9.17, 15) is 9.59 Å². The quantitative estimate of drug-likeness (QED) is 0.759. The van der Waals surface area contributed by atoms with Gasteiger partial charge in [0.15, 0.2) is 11.5 Å². The number of anilines is 1. The number of hydrogen-bond acceptors (Lipinski definition) is 4. The number of carbonyl (C=O) groups is 1. The number of ether oxygens (including phenoxy) is 2. The summed E-state index contributed by atoms with van der Waals surface area (Å²) < 4.78 is 14.5. The fourth-order valence-corrected chi connectivity index (χ4v) is 3.20. The summed E-state index contributed by atoms with van der Waals surface area (Å²) in [5.41, 5.74) is 1.77. The number of nitrogens with zero attached hydrogens (tertiary/aromatic N) is 2. The molecule has 4 rings (SSSR count). The molecule has 1 N–H and O–H groups in total. The Kier molecular flexibility index (Phi) is 4.65. The molecule has 1 aromatic heterocycles. The molecule has 0 radical (unpaired) electrons. The topological polar surface area (TPSA) is 74.5 Å². The molecular formula is C21H21N3O4. The van der Waals surface area contributed by atoms with Crippen LogP contribution in [0.3, 0.4) is 0 Å². The third-order valence-corrected chi connectivity index (χ3v) is 4.80. The highest BCUT2D eigenvalue weighted by molar-refractivity contribution is 6.04. The molecule has 3 aromatic rings. The maximum absolute atomic E-state index is 12.9. The second-order valence-electron chi connectivity index (χ2n) is 6.60. The molecule has 7 heteroatoms. The Morgan fingerprint density at radius 1 is 1.04 bits per heavy atom. The Bertz CT molecular complexity index is 1080. The van der Waals surface area contributed by atoms with Gasteiger partial charge in [-0.15, -0.1) is 0 Å². The minimum Gasteiger partial charge on any atom is -0.490 e. The lowest BCUT2D eigenvalue weighted by atomic mass is 10.2. The van der Waals surface area contributed by atoms with E-state index in [4.69, 9.17) is 9.47 Å². The zero-order valence-corrected chi connectivity index (χ0v) is 15.8. The van der Waals surface area contributed by atoms with E-state index in [1.54, 1.807) is 36.9 Å². The molecule has 0 unspecified atom stereocenters. The van der Waals surface area contributed by atoms with E-state index < -0.39 is 0 Å². The van der Waals surface area contributed by atoms with Crippen LogP contribution in [0.5, 0.6) is 11.5 Å². The van der Waals surface area contributed by atoms with Gasteiger partial charge >= 0.3 is 0 Å². The van der Waals surface area contributed by atoms with Gasteiger partial charge in [-0.05, 0) is 37.3 Å². The van der Waals surface area contributed by atoms with E-state index in [0.29, 0.717) is 36.0 Å². The number of fused-ring (bicyclic) bond motifs is 1. The standard InChI is InChI=1S/C21H21N3O4/c1-14-19(21(26)24(23(14)2)16-7-4-3-5-8-16)22-20(25)15-9-10-17-18(13-15)28-12-6-11-27-17/h3-5,7-10,13H,6,11-12H2,1-2H3,(H,22,25). The number of para-hydroxylation sites is 1. The number of rotatable bonds is 3. The summed E-state index contributed by atoms with van der Waals surface area (Å²) in [4.78, 5) is 25.7. The van der Waals surface area contributed by atoms with Crippen LogP contribution in [-0.4, -0.2) is 28.5 Å². The Morgan fingerprint density at radius 2 is 1.75 bits per heavy atom. The molecule has 1 aliphatic heterocycles. The average Bonchev–Trinajstić information content (AvgIpc) is 2.88. The summed E-state index contributed by atoms with van der Waals surface area (Å²) in [6.45, 7) is 2.92. The highest BCUT2D eigenvalue weighted by atomic mass is 16.5. The van der Waals surface area contributed by atoms with Crippen LogP contribution in [0.1, 0.15) is 22.5 Å². The van der Waals surface area contributed by atoms with Crippen molar-refractivity contribution in [2.75, 3.05) is 18.5 Å². The Hall–Kier alpha value is -3.48. The van der Waals surface area contributed by atoms with Gasteiger partial charge < -0.3 is 14.8 Å². The normalized spacial score (nSPS) is 13.1. The largest absolute Gasteiger partial charge is 0.490 e. The maximum Gasteiger partial charge on any atom is 0.295 e. The molecule has 28 heavy (non-hydrogen) atoms. The number of hydrogen-bond donors (Lipinski definition) is 1. The van der Waals surface area contributed by atoms with E-state index in [-0.39, 0.29) is 17.2 Å². The second-order valence-corrected chi connectivity index (χ2v) is 6.60. The molecular weight excluding hydrogens is 358 g/mol. The van der Waals surface area contributed by atoms with Gasteiger partial charge in [0.1, 0.15) is 5.69 Å². The zero-order chi connectivity index (χ0) is 19.7. The second kappa shape index (κ2) is 7.26. The number of amides is 1. The van der Waals surface area contributed by atoms with Gasteiger partial charge in [0, 0.05) is 19.0 Å². The van der Waals surface area contributed by atoms with Crippen molar-refractivity contribution in [3.63, 3.8) is 0 Å². The van der Waals surface area contributed by atoms with Crippen LogP contribution >= 0.6 is 0 Å². The lowest BCUT2D eigenvalue weighted by Crippen LogP contribution is -2.23. The van der Waals surface area contributed by atoms with Crippen molar-refractivity contribution in [2.24, 2.45) is 7.05 Å². The fraction of sp³-hybridized carbons (Fsp3) is 0.238. The first-order valence-electron chi connectivity index (χ1n) is 9.11. The van der Waals surface area contributed by atoms with Gasteiger partial charge in [0.05, 0.1) is 24.6 Å². The zero-order valence-electron chi connectivity index (χ0n) is 15.8. The van der Waals surface area contributed by atoms with Crippen LogP contribution in [0.25, 0.3) is 5.69 Å². The molecule has 2 heterocycles. The van der Waals surface area contributed by atoms with E-state index in [1.165, 1.54) is 4.68 Å². The summed E-state index contributed by atoms with van der Waals surface area (Å²) >= 11 is 0. The van der Waals surface area contributed by atoms with Crippen LogP contribution in [0.4, 0.5) is 5.69 Å². The molecule has 7 nitrogen and oxygen atoms in total. The van der Waals surface area contributed by atoms with Crippen molar-refractivity contribution in [1.29, 1.82) is 0 Å². The van der Waals surface area contributed by atoms with Crippen molar-refractivity contribution in [2.45, 2.75) is 13.3 Å². The van der Waals surface area contributed by atoms with Crippen molar-refractivity contribution in [3.8, 4) is 17.2 Å². The molecule has 1 amide bonds. The molecule has 1 aliphatic rings. The van der Waals surface area contributed by atoms with Crippen molar-refractivity contribution in [1.82, 2.24) is 9.36 Å². The summed E-state index contributed by atoms with van der Waals surface area (Å²) in [6.07, 6.45) is 0.790. The molecule has 2 aromatic carbocycles. The molecule has 0 saturated carbocycles. The molecule has 0 saturated heterocycles. The molecule has 0 aliphatic carbocycles. The minimum absolute atomic E-state index is 0.253. The highest BCUT2D eigenvalue weighted by Gasteiger charge is 2.20. The van der Waals surface area contributed by atoms with Crippen molar-refractivity contribution in [3.05, 3.63) is 70.1 Å². The number of benzene rings is 2. The van der Waals surface area contributed by atoms with Gasteiger partial charge in [0.2, 0.25) is 0 Å². The monoisotopic (exact) mass is 379 g/mol. The van der Waals surface area contributed by atoms with E-state index in [1.807, 2.05) is 30.3 Å². The highest BCUT2D eigenvalue weighted by Crippen LogP contribution is 2.30. The lowest BCUT2D eigenvalue weighted by molar-refractivity contribution is 0.102. The first-order chi connectivity index (χ1) is 13.6. The van der Waals surface area contributed by atoms with E-state index in [0.717, 1.165) is 12.1 Å². The van der Waals surface area contributed by atoms with Gasteiger partial charge in [-0.1, -0.05) is 18.2 Å². The van der Waals surface area contributed by atoms with E-state index >= 15 is 0 Å². The Balaban J connectivity index is 1.66. The van der Waals surface area contributed by atoms with Crippen LogP contribution in [0.15, 0.2) is 53.3 Å². The molecule has 144 valence electrons. The summed E-state index contributed by atoms with van der Waals surface area (Å²) in [7, 11) is 1.78. The third kappa shape index (κ3) is 3.15. The molecule has 0 atom stereocenters. The number of carbonyl (C=O) groups excluding carboxylic acids is 1. The molecule has 0 spiro atoms. The predicted octanol–water partition coefficient (Wildman–Crippen LogP) is 2.90. The van der Waals surface area contributed by atoms with Gasteiger partial charge in [0.25, 0.3) is 11.5 Å². The van der Waals surface area contributed by atoms with Gasteiger partial charge in [-0.2, -0.15) is 0 Å². The minimum atomic E-state index is -0.373. The summed E-state index contributed by atoms with van der Waals surface area (Å²) in [5, 5.41) is 2.76. The third-order valence-electron chi connectivity index (χ3n) is 4.80. The van der Waals surface area contributed by atoms with Gasteiger partial charge in [-0.25, -0.2) is 4.68 Å². The summed E-state index contributed by atoms with van der Waals surface area (Å²) in [5.74, 6) is 0.787. The lowest BCUT2D eigenvalue weighted by Gasteiger charge is -2.09. The van der Waals surface area contributed by atoms with E-state index in [2.05, 4.69) is 5.32 Å². The molecule has 0 bridgehead atoms. The van der Waals surface area contributed by atoms with Crippen LogP contribution in [-0.2, 0) is 7.05 Å². The van der Waals surface area contributed by atoms with Crippen LogP contribution < -0.4 is 20.3 Å². The van der Waals surface area contributed by atoms with Crippen LogP contribution in [0, 0.1) is 6.92 Å².